The third-order valence-electron chi connectivity index (χ3n) is 2.19. The third kappa shape index (κ3) is 3.35. The van der Waals surface area contributed by atoms with Gasteiger partial charge in [0.15, 0.2) is 5.13 Å². The first-order chi connectivity index (χ1) is 8.65. The second-order valence-electron chi connectivity index (χ2n) is 4.07. The first-order valence-corrected chi connectivity index (χ1v) is 6.33. The van der Waals surface area contributed by atoms with Gasteiger partial charge in [-0.15, -0.1) is 11.3 Å². The van der Waals surface area contributed by atoms with E-state index in [1.165, 1.54) is 11.3 Å². The Morgan fingerprint density at radius 2 is 2.11 bits per heavy atom. The molecule has 0 aliphatic rings. The third-order valence-corrected chi connectivity index (χ3v) is 3.00. The number of carbonyl (C=O) groups is 1. The van der Waals surface area contributed by atoms with E-state index in [1.807, 2.05) is 24.4 Å². The van der Waals surface area contributed by atoms with Crippen molar-refractivity contribution in [1.29, 1.82) is 0 Å². The average Bonchev–Trinajstić information content (AvgIpc) is 2.76. The molecule has 0 saturated carbocycles. The minimum Gasteiger partial charge on any atom is -0.304 e. The van der Waals surface area contributed by atoms with Gasteiger partial charge in [-0.05, 0) is 26.2 Å². The number of hydrogen-bond donors (Lipinski definition) is 1. The summed E-state index contributed by atoms with van der Waals surface area (Å²) in [7, 11) is 3.96. The average molecular weight is 262 g/mol. The van der Waals surface area contributed by atoms with Crippen molar-refractivity contribution in [2.75, 3.05) is 19.4 Å². The van der Waals surface area contributed by atoms with Crippen molar-refractivity contribution in [3.8, 4) is 0 Å². The highest BCUT2D eigenvalue weighted by Crippen LogP contribution is 2.17. The van der Waals surface area contributed by atoms with E-state index in [0.717, 1.165) is 12.2 Å². The summed E-state index contributed by atoms with van der Waals surface area (Å²) in [6, 6.07) is 3.34. The maximum Gasteiger partial charge on any atom is 0.257 e. The normalized spacial score (nSPS) is 10.6. The van der Waals surface area contributed by atoms with Crippen LogP contribution in [0.1, 0.15) is 16.1 Å². The summed E-state index contributed by atoms with van der Waals surface area (Å²) in [5, 5.41) is 5.34. The summed E-state index contributed by atoms with van der Waals surface area (Å²) in [5.74, 6) is -0.164. The van der Waals surface area contributed by atoms with E-state index in [2.05, 4.69) is 15.3 Å². The highest BCUT2D eigenvalue weighted by molar-refractivity contribution is 7.13. The number of carbonyl (C=O) groups excluding carboxylic acids is 1. The number of amides is 1. The van der Waals surface area contributed by atoms with Gasteiger partial charge in [-0.25, -0.2) is 4.98 Å². The van der Waals surface area contributed by atoms with Gasteiger partial charge in [-0.1, -0.05) is 0 Å². The summed E-state index contributed by atoms with van der Waals surface area (Å²) >= 11 is 1.43. The lowest BCUT2D eigenvalue weighted by Crippen LogP contribution is -2.13. The molecule has 0 aliphatic carbocycles. The summed E-state index contributed by atoms with van der Waals surface area (Å²) in [5.41, 5.74) is 1.53. The van der Waals surface area contributed by atoms with Crippen molar-refractivity contribution in [1.82, 2.24) is 14.9 Å². The molecule has 0 radical (unpaired) electrons. The smallest absolute Gasteiger partial charge is 0.257 e. The molecule has 18 heavy (non-hydrogen) atoms. The fourth-order valence-corrected chi connectivity index (χ4v) is 2.13. The molecule has 0 unspecified atom stereocenters. The molecule has 0 saturated heterocycles. The Labute approximate surface area is 109 Å². The fraction of sp³-hybridized carbons (Fsp3) is 0.250. The molecule has 2 aromatic heterocycles. The van der Waals surface area contributed by atoms with Gasteiger partial charge in [0.25, 0.3) is 5.91 Å². The summed E-state index contributed by atoms with van der Waals surface area (Å²) in [6.45, 7) is 0.766. The van der Waals surface area contributed by atoms with E-state index >= 15 is 0 Å². The highest BCUT2D eigenvalue weighted by Gasteiger charge is 2.08. The molecule has 0 aliphatic heterocycles. The zero-order chi connectivity index (χ0) is 13.0. The minimum absolute atomic E-state index is 0.164. The number of nitrogens with one attached hydrogen (secondary N) is 1. The van der Waals surface area contributed by atoms with E-state index in [1.54, 1.807) is 24.5 Å². The van der Waals surface area contributed by atoms with Crippen molar-refractivity contribution in [2.24, 2.45) is 0 Å². The molecule has 0 bridgehead atoms. The van der Waals surface area contributed by atoms with Crippen LogP contribution in [0.25, 0.3) is 0 Å². The molecule has 0 aromatic carbocycles. The molecule has 1 amide bonds. The highest BCUT2D eigenvalue weighted by atomic mass is 32.1. The summed E-state index contributed by atoms with van der Waals surface area (Å²) in [4.78, 5) is 22.1. The zero-order valence-corrected chi connectivity index (χ0v) is 11.1. The van der Waals surface area contributed by atoms with Gasteiger partial charge in [0.05, 0.1) is 5.69 Å². The maximum absolute atomic E-state index is 11.9. The Morgan fingerprint density at radius 1 is 1.39 bits per heavy atom. The van der Waals surface area contributed by atoms with Crippen molar-refractivity contribution in [3.05, 3.63) is 41.2 Å². The molecular weight excluding hydrogens is 248 g/mol. The topological polar surface area (TPSA) is 58.1 Å². The predicted octanol–water partition coefficient (Wildman–Crippen LogP) is 1.85. The Bertz CT molecular complexity index is 524. The first-order valence-electron chi connectivity index (χ1n) is 5.45. The second-order valence-corrected chi connectivity index (χ2v) is 4.93. The SMILES string of the molecule is CN(C)Cc1csc(NC(=O)c2ccncc2)n1. The van der Waals surface area contributed by atoms with Crippen LogP contribution in [0.15, 0.2) is 29.9 Å². The summed E-state index contributed by atoms with van der Waals surface area (Å²) in [6.07, 6.45) is 3.18. The van der Waals surface area contributed by atoms with Crippen LogP contribution in [0.4, 0.5) is 5.13 Å². The number of nitrogens with zero attached hydrogens (tertiary/aromatic N) is 3. The second kappa shape index (κ2) is 5.70. The maximum atomic E-state index is 11.9. The van der Waals surface area contributed by atoms with E-state index in [4.69, 9.17) is 0 Å². The monoisotopic (exact) mass is 262 g/mol. The minimum atomic E-state index is -0.164. The Balaban J connectivity index is 2.01. The lowest BCUT2D eigenvalue weighted by molar-refractivity contribution is 0.102. The Kier molecular flexibility index (Phi) is 4.01. The number of anilines is 1. The molecule has 2 heterocycles. The van der Waals surface area contributed by atoms with Gasteiger partial charge >= 0.3 is 0 Å². The lowest BCUT2D eigenvalue weighted by atomic mass is 10.2. The lowest BCUT2D eigenvalue weighted by Gasteiger charge is -2.05. The van der Waals surface area contributed by atoms with Gasteiger partial charge < -0.3 is 4.90 Å². The molecule has 1 N–H and O–H groups in total. The van der Waals surface area contributed by atoms with Crippen LogP contribution >= 0.6 is 11.3 Å². The van der Waals surface area contributed by atoms with Crippen LogP contribution in [0.2, 0.25) is 0 Å². The molecule has 2 aromatic rings. The van der Waals surface area contributed by atoms with Crippen molar-refractivity contribution in [2.45, 2.75) is 6.54 Å². The van der Waals surface area contributed by atoms with E-state index in [-0.39, 0.29) is 5.91 Å². The molecular formula is C12H14N4OS. The van der Waals surface area contributed by atoms with Crippen molar-refractivity contribution in [3.63, 3.8) is 0 Å². The van der Waals surface area contributed by atoms with Crippen LogP contribution in [-0.4, -0.2) is 34.9 Å². The van der Waals surface area contributed by atoms with Crippen molar-refractivity contribution < 1.29 is 4.79 Å². The largest absolute Gasteiger partial charge is 0.304 e. The van der Waals surface area contributed by atoms with Gasteiger partial charge in [0.1, 0.15) is 0 Å². The molecule has 5 nitrogen and oxygen atoms in total. The van der Waals surface area contributed by atoms with E-state index < -0.39 is 0 Å². The first kappa shape index (κ1) is 12.7. The van der Waals surface area contributed by atoms with Crippen LogP contribution in [0, 0.1) is 0 Å². The number of thiazole rings is 1. The molecule has 0 atom stereocenters. The molecule has 0 spiro atoms. The predicted molar refractivity (Wildman–Crippen MR) is 71.7 cm³/mol. The number of rotatable bonds is 4. The van der Waals surface area contributed by atoms with Crippen LogP contribution < -0.4 is 5.32 Å². The van der Waals surface area contributed by atoms with Crippen LogP contribution in [0.5, 0.6) is 0 Å². The Morgan fingerprint density at radius 3 is 2.78 bits per heavy atom. The number of pyridine rings is 1. The quantitative estimate of drug-likeness (QED) is 0.913. The number of aromatic nitrogens is 2. The molecule has 2 rings (SSSR count). The molecule has 0 fully saturated rings. The molecule has 6 heteroatoms. The van der Waals surface area contributed by atoms with E-state index in [0.29, 0.717) is 10.7 Å². The standard InChI is InChI=1S/C12H14N4OS/c1-16(2)7-10-8-18-12(14-10)15-11(17)9-3-5-13-6-4-9/h3-6,8H,7H2,1-2H3,(H,14,15,17). The fourth-order valence-electron chi connectivity index (χ4n) is 1.43. The Hall–Kier alpha value is -1.79. The van der Waals surface area contributed by atoms with Gasteiger partial charge in [0.2, 0.25) is 0 Å². The van der Waals surface area contributed by atoms with Crippen molar-refractivity contribution >= 4 is 22.4 Å². The summed E-state index contributed by atoms with van der Waals surface area (Å²) < 4.78 is 0. The van der Waals surface area contributed by atoms with Crippen LogP contribution in [-0.2, 0) is 6.54 Å². The van der Waals surface area contributed by atoms with E-state index in [9.17, 15) is 4.79 Å². The zero-order valence-electron chi connectivity index (χ0n) is 10.3. The van der Waals surface area contributed by atoms with Gasteiger partial charge in [-0.3, -0.25) is 15.1 Å². The van der Waals surface area contributed by atoms with Crippen LogP contribution in [0.3, 0.4) is 0 Å². The van der Waals surface area contributed by atoms with Gasteiger partial charge in [-0.2, -0.15) is 0 Å². The number of hydrogen-bond acceptors (Lipinski definition) is 5. The van der Waals surface area contributed by atoms with Gasteiger partial charge in [0, 0.05) is 29.9 Å². The molecule has 94 valence electrons.